The molecule has 2 aromatic rings. The van der Waals surface area contributed by atoms with Crippen LogP contribution in [0.4, 0.5) is 8.78 Å². The van der Waals surface area contributed by atoms with E-state index in [1.807, 2.05) is 6.07 Å². The van der Waals surface area contributed by atoms with Crippen molar-refractivity contribution in [2.75, 3.05) is 6.61 Å². The quantitative estimate of drug-likeness (QED) is 0.808. The number of rotatable bonds is 5. The molecular formula is C21H25F2NO3S. The van der Waals surface area contributed by atoms with E-state index in [0.29, 0.717) is 18.4 Å². The average molecular weight is 409 g/mol. The smallest absolute Gasteiger partial charge is 0.221 e. The van der Waals surface area contributed by atoms with E-state index in [1.165, 1.54) is 4.31 Å². The summed E-state index contributed by atoms with van der Waals surface area (Å²) in [5.41, 5.74) is 0.786. The number of aliphatic hydroxyl groups excluding tert-OH is 1. The lowest BCUT2D eigenvalue weighted by Gasteiger charge is -2.37. The zero-order valence-electron chi connectivity index (χ0n) is 16.0. The summed E-state index contributed by atoms with van der Waals surface area (Å²) in [6.07, 6.45) is 1.14. The van der Waals surface area contributed by atoms with Gasteiger partial charge in [-0.05, 0) is 43.0 Å². The number of sulfonamides is 1. The molecule has 1 aliphatic rings. The number of hydrogen-bond acceptors (Lipinski definition) is 3. The summed E-state index contributed by atoms with van der Waals surface area (Å²) in [4.78, 5) is 0. The summed E-state index contributed by atoms with van der Waals surface area (Å²) in [5, 5.41) is 8.51. The summed E-state index contributed by atoms with van der Waals surface area (Å²) in [6.45, 7) is 2.86. The fourth-order valence-electron chi connectivity index (χ4n) is 3.72. The minimum atomic E-state index is -3.72. The highest BCUT2D eigenvalue weighted by Crippen LogP contribution is 2.38. The molecule has 4 nitrogen and oxygen atoms in total. The van der Waals surface area contributed by atoms with Gasteiger partial charge in [0, 0.05) is 30.7 Å². The van der Waals surface area contributed by atoms with E-state index in [0.717, 1.165) is 12.1 Å². The van der Waals surface area contributed by atoms with E-state index in [1.54, 1.807) is 38.1 Å². The van der Waals surface area contributed by atoms with Gasteiger partial charge in [-0.15, -0.1) is 0 Å². The summed E-state index contributed by atoms with van der Waals surface area (Å²) in [5.74, 6) is -1.84. The first-order valence-corrected chi connectivity index (χ1v) is 10.9. The van der Waals surface area contributed by atoms with Gasteiger partial charge in [0.25, 0.3) is 0 Å². The number of benzene rings is 2. The van der Waals surface area contributed by atoms with Crippen LogP contribution in [0.5, 0.6) is 0 Å². The predicted octanol–water partition coefficient (Wildman–Crippen LogP) is 4.12. The third-order valence-corrected chi connectivity index (χ3v) is 7.86. The van der Waals surface area contributed by atoms with Gasteiger partial charge in [0.15, 0.2) is 0 Å². The van der Waals surface area contributed by atoms with Crippen molar-refractivity contribution in [1.82, 2.24) is 4.31 Å². The first-order chi connectivity index (χ1) is 13.3. The van der Waals surface area contributed by atoms with Crippen LogP contribution in [0.25, 0.3) is 0 Å². The molecule has 28 heavy (non-hydrogen) atoms. The molecule has 152 valence electrons. The second-order valence-corrected chi connectivity index (χ2v) is 9.53. The Morgan fingerprint density at radius 2 is 1.82 bits per heavy atom. The molecule has 0 spiro atoms. The molecule has 3 rings (SSSR count). The van der Waals surface area contributed by atoms with Crippen molar-refractivity contribution in [2.24, 2.45) is 0 Å². The lowest BCUT2D eigenvalue weighted by atomic mass is 9.99. The molecular weight excluding hydrogens is 384 g/mol. The van der Waals surface area contributed by atoms with Crippen LogP contribution in [0.15, 0.2) is 42.5 Å². The van der Waals surface area contributed by atoms with Crippen molar-refractivity contribution < 1.29 is 22.3 Å². The van der Waals surface area contributed by atoms with Crippen molar-refractivity contribution in [2.45, 2.75) is 50.4 Å². The zero-order valence-corrected chi connectivity index (χ0v) is 16.8. The van der Waals surface area contributed by atoms with Crippen molar-refractivity contribution in [3.05, 3.63) is 70.8 Å². The molecule has 0 bridgehead atoms. The van der Waals surface area contributed by atoms with E-state index in [4.69, 9.17) is 0 Å². The van der Waals surface area contributed by atoms with Crippen LogP contribution in [-0.2, 0) is 16.6 Å². The van der Waals surface area contributed by atoms with Crippen molar-refractivity contribution in [3.63, 3.8) is 0 Å². The third kappa shape index (κ3) is 3.97. The Morgan fingerprint density at radius 3 is 2.46 bits per heavy atom. The molecule has 7 heteroatoms. The summed E-state index contributed by atoms with van der Waals surface area (Å²) in [6, 6.07) is 10.8. The highest BCUT2D eigenvalue weighted by molar-refractivity contribution is 7.89. The molecule has 2 aromatic carbocycles. The molecule has 1 saturated heterocycles. The van der Waals surface area contributed by atoms with Gasteiger partial charge in [-0.2, -0.15) is 4.31 Å². The fourth-order valence-corrected chi connectivity index (χ4v) is 5.91. The van der Waals surface area contributed by atoms with Crippen molar-refractivity contribution in [1.29, 1.82) is 0 Å². The topological polar surface area (TPSA) is 57.6 Å². The van der Waals surface area contributed by atoms with Gasteiger partial charge < -0.3 is 5.11 Å². The summed E-state index contributed by atoms with van der Waals surface area (Å²) < 4.78 is 56.7. The van der Waals surface area contributed by atoms with Gasteiger partial charge >= 0.3 is 0 Å². The Morgan fingerprint density at radius 1 is 1.14 bits per heavy atom. The van der Waals surface area contributed by atoms with E-state index >= 15 is 0 Å². The Hall–Kier alpha value is -1.83. The SMILES string of the molecule is CC(CO)c1cc(F)c(CN2[C@@H](C)CC[C@H](c3ccccc3)S2(=O)=O)cc1F. The Balaban J connectivity index is 1.93. The molecule has 0 aromatic heterocycles. The summed E-state index contributed by atoms with van der Waals surface area (Å²) in [7, 11) is -3.72. The van der Waals surface area contributed by atoms with Gasteiger partial charge in [-0.1, -0.05) is 37.3 Å². The molecule has 0 aliphatic carbocycles. The Bertz CT molecular complexity index is 934. The lowest BCUT2D eigenvalue weighted by Crippen LogP contribution is -2.44. The molecule has 0 amide bonds. The lowest BCUT2D eigenvalue weighted by molar-refractivity contribution is 0.269. The third-order valence-electron chi connectivity index (χ3n) is 5.49. The summed E-state index contributed by atoms with van der Waals surface area (Å²) >= 11 is 0. The molecule has 1 heterocycles. The van der Waals surface area contributed by atoms with Crippen LogP contribution < -0.4 is 0 Å². The van der Waals surface area contributed by atoms with E-state index in [9.17, 15) is 22.3 Å². The van der Waals surface area contributed by atoms with Gasteiger partial charge in [-0.25, -0.2) is 17.2 Å². The van der Waals surface area contributed by atoms with Crippen LogP contribution in [0.1, 0.15) is 54.5 Å². The molecule has 0 radical (unpaired) electrons. The van der Waals surface area contributed by atoms with Crippen LogP contribution >= 0.6 is 0 Å². The number of halogens is 2. The Labute approximate surface area is 164 Å². The van der Waals surface area contributed by atoms with Crippen LogP contribution in [-0.4, -0.2) is 30.5 Å². The fraction of sp³-hybridized carbons (Fsp3) is 0.429. The standard InChI is InChI=1S/C21H25F2NO3S/c1-14(13-25)18-11-19(22)17(10-20(18)23)12-24-15(2)8-9-21(28(24,26)27)16-6-4-3-5-7-16/h3-7,10-11,14-15,21,25H,8-9,12-13H2,1-2H3/t14?,15-,21+/m0/s1. The molecule has 3 atom stereocenters. The molecule has 1 fully saturated rings. The normalized spacial score (nSPS) is 23.5. The average Bonchev–Trinajstić information content (AvgIpc) is 2.67. The molecule has 1 unspecified atom stereocenters. The van der Waals surface area contributed by atoms with E-state index < -0.39 is 32.8 Å². The van der Waals surface area contributed by atoms with Gasteiger partial charge in [0.2, 0.25) is 10.0 Å². The van der Waals surface area contributed by atoms with E-state index in [-0.39, 0.29) is 30.3 Å². The maximum atomic E-state index is 14.6. The Kier molecular flexibility index (Phi) is 6.17. The molecule has 1 aliphatic heterocycles. The maximum absolute atomic E-state index is 14.6. The van der Waals surface area contributed by atoms with Crippen LogP contribution in [0.3, 0.4) is 0 Å². The van der Waals surface area contributed by atoms with Gasteiger partial charge in [-0.3, -0.25) is 0 Å². The number of hydrogen-bond donors (Lipinski definition) is 1. The van der Waals surface area contributed by atoms with Crippen LogP contribution in [0, 0.1) is 11.6 Å². The minimum absolute atomic E-state index is 0.00414. The molecule has 0 saturated carbocycles. The van der Waals surface area contributed by atoms with Crippen molar-refractivity contribution in [3.8, 4) is 0 Å². The first kappa shape index (κ1) is 20.9. The maximum Gasteiger partial charge on any atom is 0.221 e. The zero-order chi connectivity index (χ0) is 20.5. The number of nitrogens with zero attached hydrogens (tertiary/aromatic N) is 1. The highest BCUT2D eigenvalue weighted by Gasteiger charge is 2.40. The van der Waals surface area contributed by atoms with E-state index in [2.05, 4.69) is 0 Å². The highest BCUT2D eigenvalue weighted by atomic mass is 32.2. The van der Waals surface area contributed by atoms with Gasteiger partial charge in [0.1, 0.15) is 16.9 Å². The predicted molar refractivity (Wildman–Crippen MR) is 104 cm³/mol. The van der Waals surface area contributed by atoms with Gasteiger partial charge in [0.05, 0.1) is 0 Å². The number of aliphatic hydroxyl groups is 1. The second kappa shape index (κ2) is 8.27. The first-order valence-electron chi connectivity index (χ1n) is 9.40. The second-order valence-electron chi connectivity index (χ2n) is 7.46. The molecule has 1 N–H and O–H groups in total. The minimum Gasteiger partial charge on any atom is -0.396 e. The monoisotopic (exact) mass is 409 g/mol. The largest absolute Gasteiger partial charge is 0.396 e. The van der Waals surface area contributed by atoms with Crippen molar-refractivity contribution >= 4 is 10.0 Å². The van der Waals surface area contributed by atoms with Crippen LogP contribution in [0.2, 0.25) is 0 Å².